The molecule has 0 saturated carbocycles. The van der Waals surface area contributed by atoms with Crippen LogP contribution in [0.25, 0.3) is 11.3 Å². The monoisotopic (exact) mass is 512 g/mol. The number of hydrazone groups is 1. The fourth-order valence-electron chi connectivity index (χ4n) is 3.18. The van der Waals surface area contributed by atoms with E-state index in [2.05, 4.69) is 15.8 Å². The van der Waals surface area contributed by atoms with Crippen LogP contribution in [0.3, 0.4) is 0 Å². The average molecular weight is 513 g/mol. The molecule has 2 N–H and O–H groups in total. The molecule has 10 nitrogen and oxygen atoms in total. The first-order valence-electron chi connectivity index (χ1n) is 11.1. The zero-order valence-electron chi connectivity index (χ0n) is 19.6. The molecule has 0 bridgehead atoms. The van der Waals surface area contributed by atoms with Crippen LogP contribution >= 0.6 is 11.6 Å². The van der Waals surface area contributed by atoms with Crippen LogP contribution in [0.4, 0.5) is 5.69 Å². The minimum Gasteiger partial charge on any atom is -0.484 e. The Morgan fingerprint density at radius 2 is 1.81 bits per heavy atom. The van der Waals surface area contributed by atoms with Gasteiger partial charge in [0.05, 0.1) is 11.1 Å². The van der Waals surface area contributed by atoms with Gasteiger partial charge in [-0.3, -0.25) is 19.7 Å². The summed E-state index contributed by atoms with van der Waals surface area (Å²) in [5.41, 5.74) is 3.05. The van der Waals surface area contributed by atoms with Gasteiger partial charge >= 0.3 is 0 Å². The van der Waals surface area contributed by atoms with Crippen LogP contribution in [0.2, 0.25) is 5.02 Å². The Kier molecular flexibility index (Phi) is 9.18. The van der Waals surface area contributed by atoms with Crippen molar-refractivity contribution in [3.63, 3.8) is 0 Å². The fourth-order valence-corrected chi connectivity index (χ4v) is 3.31. The molecule has 2 amide bonds. The van der Waals surface area contributed by atoms with Crippen molar-refractivity contribution >= 4 is 35.3 Å². The second kappa shape index (κ2) is 12.5. The van der Waals surface area contributed by atoms with Gasteiger partial charge in [0.25, 0.3) is 17.5 Å². The Bertz CT molecular complexity index is 1220. The first kappa shape index (κ1) is 26.4. The summed E-state index contributed by atoms with van der Waals surface area (Å²) in [5.74, 6) is 0.537. The Hall–Kier alpha value is -4.18. The number of carbonyl (C=O) groups excluding carboxylic acids is 2. The number of non-ortho nitro benzene ring substituents is 1. The summed E-state index contributed by atoms with van der Waals surface area (Å²) in [6.07, 6.45) is 1.73. The van der Waals surface area contributed by atoms with E-state index in [-0.39, 0.29) is 18.2 Å². The maximum Gasteiger partial charge on any atom is 0.269 e. The van der Waals surface area contributed by atoms with E-state index >= 15 is 0 Å². The van der Waals surface area contributed by atoms with Crippen LogP contribution in [0.15, 0.2) is 70.2 Å². The number of halogens is 1. The lowest BCUT2D eigenvalue weighted by atomic mass is 10.0. The first-order chi connectivity index (χ1) is 17.2. The molecule has 2 aromatic carbocycles. The molecule has 0 radical (unpaired) electrons. The highest BCUT2D eigenvalue weighted by Gasteiger charge is 2.22. The van der Waals surface area contributed by atoms with Crippen molar-refractivity contribution in [3.05, 3.63) is 81.6 Å². The number of amides is 2. The van der Waals surface area contributed by atoms with Crippen LogP contribution in [-0.2, 0) is 9.59 Å². The maximum atomic E-state index is 12.6. The normalized spacial score (nSPS) is 11.9. The Morgan fingerprint density at radius 1 is 1.11 bits per heavy atom. The third kappa shape index (κ3) is 7.95. The standard InChI is InChI=1S/C25H25ClN4O6/c1-16(2)13-22(28-24(31)15-35-20-9-5-18(26)6-10-20)25(32)29-27-14-21-11-12-23(36-21)17-3-7-19(8-4-17)30(33)34/h3-12,14,16,22H,13,15H2,1-2H3,(H,28,31)(H,29,32)/b27-14-/t22-/m0/s1. The van der Waals surface area contributed by atoms with Crippen molar-refractivity contribution < 1.29 is 23.7 Å². The topological polar surface area (TPSA) is 136 Å². The first-order valence-corrected chi connectivity index (χ1v) is 11.4. The van der Waals surface area contributed by atoms with Gasteiger partial charge in [-0.2, -0.15) is 5.10 Å². The van der Waals surface area contributed by atoms with E-state index in [4.69, 9.17) is 20.8 Å². The van der Waals surface area contributed by atoms with Gasteiger partial charge in [-0.15, -0.1) is 0 Å². The molecule has 0 unspecified atom stereocenters. The van der Waals surface area contributed by atoms with E-state index in [0.717, 1.165) is 0 Å². The van der Waals surface area contributed by atoms with E-state index in [1.807, 2.05) is 13.8 Å². The van der Waals surface area contributed by atoms with Gasteiger partial charge < -0.3 is 14.5 Å². The Morgan fingerprint density at radius 3 is 2.44 bits per heavy atom. The second-order valence-electron chi connectivity index (χ2n) is 8.23. The summed E-state index contributed by atoms with van der Waals surface area (Å²) < 4.78 is 11.1. The van der Waals surface area contributed by atoms with Gasteiger partial charge in [0.15, 0.2) is 6.61 Å². The van der Waals surface area contributed by atoms with Crippen LogP contribution in [0.5, 0.6) is 5.75 Å². The molecule has 0 fully saturated rings. The summed E-state index contributed by atoms with van der Waals surface area (Å²) in [5, 5.41) is 17.9. The van der Waals surface area contributed by atoms with Gasteiger partial charge in [-0.25, -0.2) is 5.43 Å². The minimum absolute atomic E-state index is 0.0191. The SMILES string of the molecule is CC(C)C[C@H](NC(=O)COc1ccc(Cl)cc1)C(=O)N/N=C\c1ccc(-c2ccc([N+](=O)[O-])cc2)o1. The largest absolute Gasteiger partial charge is 0.484 e. The number of furan rings is 1. The number of rotatable bonds is 11. The molecule has 1 atom stereocenters. The van der Waals surface area contributed by atoms with E-state index in [1.165, 1.54) is 18.3 Å². The lowest BCUT2D eigenvalue weighted by molar-refractivity contribution is -0.384. The van der Waals surface area contributed by atoms with Crippen LogP contribution in [0.1, 0.15) is 26.0 Å². The number of carbonyl (C=O) groups is 2. The third-order valence-corrected chi connectivity index (χ3v) is 5.15. The van der Waals surface area contributed by atoms with E-state index in [1.54, 1.807) is 48.5 Å². The molecular formula is C25H25ClN4O6. The minimum atomic E-state index is -0.810. The van der Waals surface area contributed by atoms with Gasteiger partial charge in [-0.1, -0.05) is 25.4 Å². The quantitative estimate of drug-likeness (QED) is 0.219. The maximum absolute atomic E-state index is 12.6. The number of nitro groups is 1. The summed E-state index contributed by atoms with van der Waals surface area (Å²) in [6.45, 7) is 3.61. The fraction of sp³-hybridized carbons (Fsp3) is 0.240. The summed E-state index contributed by atoms with van der Waals surface area (Å²) in [4.78, 5) is 35.3. The van der Waals surface area contributed by atoms with Crippen LogP contribution < -0.4 is 15.5 Å². The average Bonchev–Trinajstić information content (AvgIpc) is 3.32. The number of nitrogens with one attached hydrogen (secondary N) is 2. The number of ether oxygens (including phenoxy) is 1. The number of hydrogen-bond donors (Lipinski definition) is 2. The van der Waals surface area contributed by atoms with Gasteiger partial charge in [0, 0.05) is 22.7 Å². The molecule has 0 spiro atoms. The summed E-state index contributed by atoms with van der Waals surface area (Å²) in [7, 11) is 0. The highest BCUT2D eigenvalue weighted by Crippen LogP contribution is 2.24. The molecular weight excluding hydrogens is 488 g/mol. The van der Waals surface area contributed by atoms with Crippen molar-refractivity contribution in [2.24, 2.45) is 11.0 Å². The van der Waals surface area contributed by atoms with E-state index < -0.39 is 22.8 Å². The summed E-state index contributed by atoms with van der Waals surface area (Å²) >= 11 is 5.83. The number of nitro benzene ring substituents is 1. The lowest BCUT2D eigenvalue weighted by Gasteiger charge is -2.19. The molecule has 0 aliphatic rings. The molecule has 0 saturated heterocycles. The molecule has 0 aliphatic heterocycles. The van der Waals surface area contributed by atoms with E-state index in [9.17, 15) is 19.7 Å². The van der Waals surface area contributed by atoms with Crippen molar-refractivity contribution in [1.29, 1.82) is 0 Å². The molecule has 188 valence electrons. The molecule has 11 heteroatoms. The van der Waals surface area contributed by atoms with Crippen molar-refractivity contribution in [1.82, 2.24) is 10.7 Å². The molecule has 0 aliphatic carbocycles. The van der Waals surface area contributed by atoms with Gasteiger partial charge in [0.1, 0.15) is 23.3 Å². The van der Waals surface area contributed by atoms with Crippen molar-refractivity contribution in [2.75, 3.05) is 6.61 Å². The zero-order valence-corrected chi connectivity index (χ0v) is 20.4. The Labute approximate surface area is 212 Å². The molecule has 36 heavy (non-hydrogen) atoms. The predicted molar refractivity (Wildman–Crippen MR) is 135 cm³/mol. The van der Waals surface area contributed by atoms with Crippen LogP contribution in [-0.4, -0.2) is 35.6 Å². The third-order valence-electron chi connectivity index (χ3n) is 4.90. The van der Waals surface area contributed by atoms with E-state index in [0.29, 0.717) is 34.3 Å². The number of nitrogens with zero attached hydrogens (tertiary/aromatic N) is 2. The molecule has 1 heterocycles. The molecule has 3 rings (SSSR count). The van der Waals surface area contributed by atoms with Crippen LogP contribution in [0, 0.1) is 16.0 Å². The number of hydrogen-bond acceptors (Lipinski definition) is 7. The summed E-state index contributed by atoms with van der Waals surface area (Å²) in [6, 6.07) is 15.0. The Balaban J connectivity index is 1.55. The predicted octanol–water partition coefficient (Wildman–Crippen LogP) is 4.57. The van der Waals surface area contributed by atoms with Gasteiger partial charge in [0.2, 0.25) is 0 Å². The lowest BCUT2D eigenvalue weighted by Crippen LogP contribution is -2.47. The zero-order chi connectivity index (χ0) is 26.1. The highest BCUT2D eigenvalue weighted by molar-refractivity contribution is 6.30. The van der Waals surface area contributed by atoms with Crippen molar-refractivity contribution in [2.45, 2.75) is 26.3 Å². The second-order valence-corrected chi connectivity index (χ2v) is 8.67. The number of benzene rings is 2. The molecule has 1 aromatic heterocycles. The highest BCUT2D eigenvalue weighted by atomic mass is 35.5. The smallest absolute Gasteiger partial charge is 0.269 e. The molecule has 3 aromatic rings. The van der Waals surface area contributed by atoms with Crippen molar-refractivity contribution in [3.8, 4) is 17.1 Å². The van der Waals surface area contributed by atoms with Gasteiger partial charge in [-0.05, 0) is 60.9 Å².